The molecule has 0 atom stereocenters. The number of anilines is 1. The highest BCUT2D eigenvalue weighted by atomic mass is 35.5. The summed E-state index contributed by atoms with van der Waals surface area (Å²) in [4.78, 5) is 14.6. The van der Waals surface area contributed by atoms with Gasteiger partial charge < -0.3 is 4.98 Å². The average molecular weight is 250 g/mol. The molecule has 0 radical (unpaired) electrons. The molecular formula is C12H12ClN3O. The molecule has 2 rings (SSSR count). The van der Waals surface area contributed by atoms with E-state index in [4.69, 9.17) is 11.6 Å². The van der Waals surface area contributed by atoms with Gasteiger partial charge in [-0.25, -0.2) is 0 Å². The molecule has 2 aromatic rings. The van der Waals surface area contributed by atoms with Crippen LogP contribution < -0.4 is 10.4 Å². The third kappa shape index (κ3) is 2.79. The molecule has 17 heavy (non-hydrogen) atoms. The fourth-order valence-electron chi connectivity index (χ4n) is 1.43. The highest BCUT2D eigenvalue weighted by molar-refractivity contribution is 6.30. The number of hydrogen-bond acceptors (Lipinski definition) is 2. The third-order valence-corrected chi connectivity index (χ3v) is 2.52. The summed E-state index contributed by atoms with van der Waals surface area (Å²) in [5.74, 6) is -0.233. The summed E-state index contributed by atoms with van der Waals surface area (Å²) >= 11 is 5.73. The number of aromatic nitrogens is 1. The molecule has 0 saturated carbocycles. The Morgan fingerprint density at radius 3 is 2.65 bits per heavy atom. The Bertz CT molecular complexity index is 509. The van der Waals surface area contributed by atoms with Gasteiger partial charge in [-0.2, -0.15) is 0 Å². The Morgan fingerprint density at radius 2 is 2.06 bits per heavy atom. The molecule has 0 saturated heterocycles. The lowest BCUT2D eigenvalue weighted by atomic mass is 10.3. The van der Waals surface area contributed by atoms with Crippen LogP contribution in [0, 0.1) is 0 Å². The van der Waals surface area contributed by atoms with E-state index in [-0.39, 0.29) is 5.91 Å². The number of hydrazine groups is 1. The zero-order chi connectivity index (χ0) is 12.3. The van der Waals surface area contributed by atoms with E-state index >= 15 is 0 Å². The summed E-state index contributed by atoms with van der Waals surface area (Å²) in [7, 11) is 1.78. The molecule has 1 aromatic heterocycles. The van der Waals surface area contributed by atoms with Crippen LogP contribution >= 0.6 is 11.6 Å². The van der Waals surface area contributed by atoms with Crippen LogP contribution in [0.4, 0.5) is 5.69 Å². The monoisotopic (exact) mass is 249 g/mol. The van der Waals surface area contributed by atoms with Gasteiger partial charge in [-0.05, 0) is 18.2 Å². The second kappa shape index (κ2) is 4.93. The number of hydrogen-bond donors (Lipinski definition) is 2. The molecule has 4 nitrogen and oxygen atoms in total. The lowest BCUT2D eigenvalue weighted by Crippen LogP contribution is -2.39. The Morgan fingerprint density at radius 1 is 1.35 bits per heavy atom. The SMILES string of the molecule is CN(NC(=O)c1cc(Cl)c[nH]1)c1ccccc1. The van der Waals surface area contributed by atoms with Gasteiger partial charge in [0.05, 0.1) is 10.7 Å². The molecule has 0 fully saturated rings. The lowest BCUT2D eigenvalue weighted by Gasteiger charge is -2.19. The van der Waals surface area contributed by atoms with Crippen LogP contribution in [0.25, 0.3) is 0 Å². The summed E-state index contributed by atoms with van der Waals surface area (Å²) in [6, 6.07) is 11.1. The first-order valence-electron chi connectivity index (χ1n) is 5.10. The van der Waals surface area contributed by atoms with Crippen molar-refractivity contribution in [3.8, 4) is 0 Å². The van der Waals surface area contributed by atoms with Crippen LogP contribution in [0.2, 0.25) is 5.02 Å². The molecule has 0 bridgehead atoms. The standard InChI is InChI=1S/C12H12ClN3O/c1-16(10-5-3-2-4-6-10)15-12(17)11-7-9(13)8-14-11/h2-8,14H,1H3,(H,15,17). The van der Waals surface area contributed by atoms with Gasteiger partial charge >= 0.3 is 0 Å². The predicted molar refractivity (Wildman–Crippen MR) is 68.1 cm³/mol. The lowest BCUT2D eigenvalue weighted by molar-refractivity contribution is 0.0947. The number of carbonyl (C=O) groups is 1. The van der Waals surface area contributed by atoms with Crippen molar-refractivity contribution in [2.24, 2.45) is 0 Å². The van der Waals surface area contributed by atoms with Crippen LogP contribution in [0.5, 0.6) is 0 Å². The minimum atomic E-state index is -0.233. The van der Waals surface area contributed by atoms with E-state index in [0.29, 0.717) is 10.7 Å². The van der Waals surface area contributed by atoms with Crippen molar-refractivity contribution in [1.29, 1.82) is 0 Å². The first-order chi connectivity index (χ1) is 8.16. The fourth-order valence-corrected chi connectivity index (χ4v) is 1.59. The number of rotatable bonds is 3. The van der Waals surface area contributed by atoms with Gasteiger partial charge in [0.1, 0.15) is 5.69 Å². The molecule has 0 aliphatic rings. The molecule has 0 unspecified atom stereocenters. The first-order valence-corrected chi connectivity index (χ1v) is 5.48. The molecule has 88 valence electrons. The number of carbonyl (C=O) groups excluding carboxylic acids is 1. The zero-order valence-electron chi connectivity index (χ0n) is 9.27. The van der Waals surface area contributed by atoms with E-state index in [0.717, 1.165) is 5.69 Å². The Labute approximate surface area is 104 Å². The van der Waals surface area contributed by atoms with E-state index in [1.165, 1.54) is 0 Å². The quantitative estimate of drug-likeness (QED) is 0.821. The molecule has 2 N–H and O–H groups in total. The van der Waals surface area contributed by atoms with E-state index in [1.54, 1.807) is 24.3 Å². The van der Waals surface area contributed by atoms with Gasteiger partial charge in [-0.1, -0.05) is 29.8 Å². The van der Waals surface area contributed by atoms with E-state index in [9.17, 15) is 4.79 Å². The maximum atomic E-state index is 11.8. The summed E-state index contributed by atoms with van der Waals surface area (Å²) in [5, 5.41) is 2.16. The van der Waals surface area contributed by atoms with Crippen LogP contribution in [-0.2, 0) is 0 Å². The highest BCUT2D eigenvalue weighted by Gasteiger charge is 2.10. The Kier molecular flexibility index (Phi) is 3.35. The van der Waals surface area contributed by atoms with E-state index < -0.39 is 0 Å². The second-order valence-electron chi connectivity index (χ2n) is 3.57. The van der Waals surface area contributed by atoms with Crippen molar-refractivity contribution in [1.82, 2.24) is 10.4 Å². The topological polar surface area (TPSA) is 48.1 Å². The van der Waals surface area contributed by atoms with Gasteiger partial charge in [0.25, 0.3) is 5.91 Å². The van der Waals surface area contributed by atoms with Crippen molar-refractivity contribution in [3.63, 3.8) is 0 Å². The number of nitrogens with one attached hydrogen (secondary N) is 2. The normalized spacial score (nSPS) is 10.0. The second-order valence-corrected chi connectivity index (χ2v) is 4.00. The van der Waals surface area contributed by atoms with E-state index in [2.05, 4.69) is 10.4 Å². The summed E-state index contributed by atoms with van der Waals surface area (Å²) in [6.07, 6.45) is 1.57. The van der Waals surface area contributed by atoms with Crippen LogP contribution in [0.15, 0.2) is 42.6 Å². The Hall–Kier alpha value is -1.94. The van der Waals surface area contributed by atoms with Gasteiger partial charge in [0.2, 0.25) is 0 Å². The first kappa shape index (κ1) is 11.5. The number of aromatic amines is 1. The number of para-hydroxylation sites is 1. The van der Waals surface area contributed by atoms with Crippen LogP contribution in [0.1, 0.15) is 10.5 Å². The fraction of sp³-hybridized carbons (Fsp3) is 0.0833. The maximum Gasteiger partial charge on any atom is 0.286 e. The summed E-state index contributed by atoms with van der Waals surface area (Å²) < 4.78 is 0. The molecule has 0 aliphatic carbocycles. The van der Waals surface area contributed by atoms with Gasteiger partial charge in [0, 0.05) is 13.2 Å². The molecule has 1 amide bonds. The number of halogens is 1. The zero-order valence-corrected chi connectivity index (χ0v) is 10.0. The van der Waals surface area contributed by atoms with E-state index in [1.807, 2.05) is 30.3 Å². The van der Waals surface area contributed by atoms with Crippen LogP contribution in [-0.4, -0.2) is 17.9 Å². The molecular weight excluding hydrogens is 238 g/mol. The molecule has 1 aromatic carbocycles. The minimum absolute atomic E-state index is 0.233. The van der Waals surface area contributed by atoms with Gasteiger partial charge in [-0.3, -0.25) is 15.2 Å². The molecule has 0 spiro atoms. The molecule has 1 heterocycles. The number of amides is 1. The summed E-state index contributed by atoms with van der Waals surface area (Å²) in [6.45, 7) is 0. The number of H-pyrrole nitrogens is 1. The number of nitrogens with zero attached hydrogens (tertiary/aromatic N) is 1. The minimum Gasteiger partial charge on any atom is -0.356 e. The maximum absolute atomic E-state index is 11.8. The third-order valence-electron chi connectivity index (χ3n) is 2.31. The largest absolute Gasteiger partial charge is 0.356 e. The Balaban J connectivity index is 2.04. The van der Waals surface area contributed by atoms with Crippen molar-refractivity contribution in [3.05, 3.63) is 53.3 Å². The van der Waals surface area contributed by atoms with Crippen molar-refractivity contribution in [2.75, 3.05) is 12.1 Å². The molecule has 5 heteroatoms. The predicted octanol–water partition coefficient (Wildman–Crippen LogP) is 2.45. The van der Waals surface area contributed by atoms with Crippen LogP contribution in [0.3, 0.4) is 0 Å². The van der Waals surface area contributed by atoms with Crippen molar-refractivity contribution >= 4 is 23.2 Å². The van der Waals surface area contributed by atoms with Gasteiger partial charge in [0.15, 0.2) is 0 Å². The highest BCUT2D eigenvalue weighted by Crippen LogP contribution is 2.11. The van der Waals surface area contributed by atoms with Gasteiger partial charge in [-0.15, -0.1) is 0 Å². The average Bonchev–Trinajstić information content (AvgIpc) is 2.77. The molecule has 0 aliphatic heterocycles. The van der Waals surface area contributed by atoms with Crippen molar-refractivity contribution in [2.45, 2.75) is 0 Å². The smallest absolute Gasteiger partial charge is 0.286 e. The summed E-state index contributed by atoms with van der Waals surface area (Å²) in [5.41, 5.74) is 4.06. The van der Waals surface area contributed by atoms with Crippen molar-refractivity contribution < 1.29 is 4.79 Å². The number of benzene rings is 1.